The number of ketones is 1. The Balaban J connectivity index is 2.53. The smallest absolute Gasteiger partial charge is 0.196 e. The van der Waals surface area contributed by atoms with E-state index < -0.39 is 11.6 Å². The van der Waals surface area contributed by atoms with Crippen LogP contribution in [0.1, 0.15) is 27.0 Å². The highest BCUT2D eigenvalue weighted by Crippen LogP contribution is 2.25. The van der Waals surface area contributed by atoms with Gasteiger partial charge in [0.05, 0.1) is 15.6 Å². The summed E-state index contributed by atoms with van der Waals surface area (Å²) in [4.78, 5) is 12.3. The Morgan fingerprint density at radius 2 is 1.74 bits per heavy atom. The molecular formula is C15H11Cl2FO. The van der Waals surface area contributed by atoms with Gasteiger partial charge in [-0.25, -0.2) is 4.39 Å². The van der Waals surface area contributed by atoms with Crippen LogP contribution in [0.2, 0.25) is 10.0 Å². The van der Waals surface area contributed by atoms with Crippen molar-refractivity contribution in [1.82, 2.24) is 0 Å². The largest absolute Gasteiger partial charge is 0.288 e. The van der Waals surface area contributed by atoms with Gasteiger partial charge in [0.15, 0.2) is 5.78 Å². The lowest BCUT2D eigenvalue weighted by Crippen LogP contribution is -2.07. The first-order valence-electron chi connectivity index (χ1n) is 5.66. The van der Waals surface area contributed by atoms with Crippen molar-refractivity contribution < 1.29 is 9.18 Å². The van der Waals surface area contributed by atoms with E-state index in [1.165, 1.54) is 24.3 Å². The van der Waals surface area contributed by atoms with Crippen LogP contribution in [-0.2, 0) is 0 Å². The van der Waals surface area contributed by atoms with Gasteiger partial charge in [-0.3, -0.25) is 4.79 Å². The zero-order chi connectivity index (χ0) is 14.2. The number of hydrogen-bond donors (Lipinski definition) is 0. The SMILES string of the molecule is Cc1cc(C)c(C(=O)c2ccc(Cl)c(Cl)c2)c(F)c1. The predicted octanol–water partition coefficient (Wildman–Crippen LogP) is 4.98. The maximum Gasteiger partial charge on any atom is 0.196 e. The number of carbonyl (C=O) groups is 1. The Morgan fingerprint density at radius 3 is 2.32 bits per heavy atom. The molecule has 0 aliphatic heterocycles. The maximum atomic E-state index is 13.9. The van der Waals surface area contributed by atoms with Crippen molar-refractivity contribution in [3.8, 4) is 0 Å². The van der Waals surface area contributed by atoms with Gasteiger partial charge in [-0.2, -0.15) is 0 Å². The third-order valence-electron chi connectivity index (χ3n) is 2.84. The monoisotopic (exact) mass is 296 g/mol. The Morgan fingerprint density at radius 1 is 1.05 bits per heavy atom. The standard InChI is InChI=1S/C15H11Cl2FO/c1-8-5-9(2)14(13(18)6-8)15(19)10-3-4-11(16)12(17)7-10/h3-7H,1-2H3. The van der Waals surface area contributed by atoms with Gasteiger partial charge in [0, 0.05) is 5.56 Å². The zero-order valence-electron chi connectivity index (χ0n) is 10.4. The minimum atomic E-state index is -0.520. The van der Waals surface area contributed by atoms with E-state index in [0.29, 0.717) is 16.1 Å². The third kappa shape index (κ3) is 2.80. The summed E-state index contributed by atoms with van der Waals surface area (Å²) in [5.74, 6) is -0.915. The normalized spacial score (nSPS) is 10.6. The molecule has 0 atom stereocenters. The summed E-state index contributed by atoms with van der Waals surface area (Å²) < 4.78 is 13.9. The lowest BCUT2D eigenvalue weighted by atomic mass is 9.97. The quantitative estimate of drug-likeness (QED) is 0.714. The fraction of sp³-hybridized carbons (Fsp3) is 0.133. The topological polar surface area (TPSA) is 17.1 Å². The van der Waals surface area contributed by atoms with Crippen molar-refractivity contribution >= 4 is 29.0 Å². The number of halogens is 3. The molecule has 0 radical (unpaired) electrons. The summed E-state index contributed by atoms with van der Waals surface area (Å²) in [7, 11) is 0. The molecule has 0 aliphatic rings. The number of aryl methyl sites for hydroxylation is 2. The maximum absolute atomic E-state index is 13.9. The number of rotatable bonds is 2. The first-order valence-corrected chi connectivity index (χ1v) is 6.42. The van der Waals surface area contributed by atoms with Crippen molar-refractivity contribution in [1.29, 1.82) is 0 Å². The highest BCUT2D eigenvalue weighted by molar-refractivity contribution is 6.42. The number of benzene rings is 2. The molecular weight excluding hydrogens is 286 g/mol. The highest BCUT2D eigenvalue weighted by atomic mass is 35.5. The van der Waals surface area contributed by atoms with Gasteiger partial charge in [-0.15, -0.1) is 0 Å². The van der Waals surface area contributed by atoms with Crippen LogP contribution in [0, 0.1) is 19.7 Å². The second-order valence-corrected chi connectivity index (χ2v) is 5.21. The van der Waals surface area contributed by atoms with Crippen LogP contribution >= 0.6 is 23.2 Å². The lowest BCUT2D eigenvalue weighted by molar-refractivity contribution is 0.103. The Bertz CT molecular complexity index is 642. The van der Waals surface area contributed by atoms with Crippen LogP contribution < -0.4 is 0 Å². The molecule has 0 heterocycles. The third-order valence-corrected chi connectivity index (χ3v) is 3.58. The van der Waals surface area contributed by atoms with Crippen LogP contribution in [0.5, 0.6) is 0 Å². The van der Waals surface area contributed by atoms with Gasteiger partial charge < -0.3 is 0 Å². The van der Waals surface area contributed by atoms with Crippen LogP contribution in [0.4, 0.5) is 4.39 Å². The zero-order valence-corrected chi connectivity index (χ0v) is 11.9. The molecule has 1 nitrogen and oxygen atoms in total. The van der Waals surface area contributed by atoms with Crippen molar-refractivity contribution in [3.05, 3.63) is 68.4 Å². The second-order valence-electron chi connectivity index (χ2n) is 4.40. The van der Waals surface area contributed by atoms with Gasteiger partial charge in [0.2, 0.25) is 0 Å². The van der Waals surface area contributed by atoms with Gasteiger partial charge >= 0.3 is 0 Å². The summed E-state index contributed by atoms with van der Waals surface area (Å²) in [5.41, 5.74) is 1.78. The molecule has 19 heavy (non-hydrogen) atoms. The average Bonchev–Trinajstić information content (AvgIpc) is 2.31. The highest BCUT2D eigenvalue weighted by Gasteiger charge is 2.18. The molecule has 0 saturated carbocycles. The fourth-order valence-electron chi connectivity index (χ4n) is 1.98. The second kappa shape index (κ2) is 5.32. The van der Waals surface area contributed by atoms with Crippen LogP contribution in [-0.4, -0.2) is 5.78 Å². The first kappa shape index (κ1) is 14.0. The van der Waals surface area contributed by atoms with Gasteiger partial charge in [-0.1, -0.05) is 29.3 Å². The molecule has 0 bridgehead atoms. The molecule has 0 amide bonds. The van der Waals surface area contributed by atoms with Gasteiger partial charge in [-0.05, 0) is 49.2 Å². The Kier molecular flexibility index (Phi) is 3.93. The molecule has 0 fully saturated rings. The van der Waals surface area contributed by atoms with E-state index in [2.05, 4.69) is 0 Å². The number of hydrogen-bond acceptors (Lipinski definition) is 1. The molecule has 0 spiro atoms. The van der Waals surface area contributed by atoms with Crippen LogP contribution in [0.15, 0.2) is 30.3 Å². The van der Waals surface area contributed by atoms with E-state index in [1.807, 2.05) is 0 Å². The van der Waals surface area contributed by atoms with Crippen LogP contribution in [0.3, 0.4) is 0 Å². The predicted molar refractivity (Wildman–Crippen MR) is 75.8 cm³/mol. The van der Waals surface area contributed by atoms with Crippen LogP contribution in [0.25, 0.3) is 0 Å². The molecule has 98 valence electrons. The molecule has 4 heteroatoms. The van der Waals surface area contributed by atoms with Crippen molar-refractivity contribution in [2.24, 2.45) is 0 Å². The summed E-state index contributed by atoms with van der Waals surface area (Å²) in [5, 5.41) is 0.636. The number of carbonyl (C=O) groups excluding carboxylic acids is 1. The average molecular weight is 297 g/mol. The van der Waals surface area contributed by atoms with Crippen molar-refractivity contribution in [3.63, 3.8) is 0 Å². The van der Waals surface area contributed by atoms with E-state index in [9.17, 15) is 9.18 Å². The molecule has 2 aromatic carbocycles. The van der Waals surface area contributed by atoms with E-state index in [0.717, 1.165) is 5.56 Å². The summed E-state index contributed by atoms with van der Waals surface area (Å²) in [6.07, 6.45) is 0. The fourth-order valence-corrected chi connectivity index (χ4v) is 2.28. The Hall–Kier alpha value is -1.38. The summed E-state index contributed by atoms with van der Waals surface area (Å²) in [6.45, 7) is 3.49. The van der Waals surface area contributed by atoms with E-state index in [1.54, 1.807) is 19.9 Å². The minimum absolute atomic E-state index is 0.0731. The van der Waals surface area contributed by atoms with Crippen molar-refractivity contribution in [2.45, 2.75) is 13.8 Å². The van der Waals surface area contributed by atoms with Crippen molar-refractivity contribution in [2.75, 3.05) is 0 Å². The molecule has 2 rings (SSSR count). The van der Waals surface area contributed by atoms with E-state index in [4.69, 9.17) is 23.2 Å². The molecule has 0 N–H and O–H groups in total. The lowest BCUT2D eigenvalue weighted by Gasteiger charge is -2.08. The first-order chi connectivity index (χ1) is 8.90. The van der Waals surface area contributed by atoms with E-state index >= 15 is 0 Å². The van der Waals surface area contributed by atoms with Gasteiger partial charge in [0.1, 0.15) is 5.82 Å². The minimum Gasteiger partial charge on any atom is -0.288 e. The molecule has 0 saturated heterocycles. The summed E-state index contributed by atoms with van der Waals surface area (Å²) in [6, 6.07) is 7.63. The Labute approximate surface area is 121 Å². The molecule has 2 aromatic rings. The van der Waals surface area contributed by atoms with Gasteiger partial charge in [0.25, 0.3) is 0 Å². The van der Waals surface area contributed by atoms with E-state index in [-0.39, 0.29) is 10.6 Å². The molecule has 0 aromatic heterocycles. The molecule has 0 aliphatic carbocycles. The molecule has 0 unspecified atom stereocenters. The summed E-state index contributed by atoms with van der Waals surface area (Å²) >= 11 is 11.7.